The second kappa shape index (κ2) is 8.10. The summed E-state index contributed by atoms with van der Waals surface area (Å²) in [5, 5.41) is 8.62. The van der Waals surface area contributed by atoms with Gasteiger partial charge < -0.3 is 0 Å². The summed E-state index contributed by atoms with van der Waals surface area (Å²) < 4.78 is 1.62. The largest absolute Gasteiger partial charge is 0.298 e. The highest BCUT2D eigenvalue weighted by atomic mass is 35.5. The Morgan fingerprint density at radius 3 is 2.68 bits per heavy atom. The van der Waals surface area contributed by atoms with Crippen LogP contribution in [0.2, 0.25) is 10.0 Å². The fourth-order valence-corrected chi connectivity index (χ4v) is 3.88. The van der Waals surface area contributed by atoms with E-state index in [2.05, 4.69) is 20.4 Å². The number of carbonyl (C=O) groups excluding carboxylic acids is 1. The lowest BCUT2D eigenvalue weighted by Gasteiger charge is -2.04. The third-order valence-electron chi connectivity index (χ3n) is 3.97. The molecule has 0 aliphatic carbocycles. The molecule has 6 nitrogen and oxygen atoms in total. The van der Waals surface area contributed by atoms with Crippen LogP contribution < -0.4 is 5.32 Å². The lowest BCUT2D eigenvalue weighted by molar-refractivity contribution is 0.102. The van der Waals surface area contributed by atoms with Crippen LogP contribution in [0.15, 0.2) is 61.3 Å². The number of anilines is 1. The van der Waals surface area contributed by atoms with Crippen molar-refractivity contribution in [1.29, 1.82) is 0 Å². The van der Waals surface area contributed by atoms with E-state index in [0.717, 1.165) is 16.1 Å². The highest BCUT2D eigenvalue weighted by Gasteiger charge is 2.11. The van der Waals surface area contributed by atoms with E-state index in [1.807, 2.05) is 6.07 Å². The minimum absolute atomic E-state index is 0.226. The third-order valence-corrected chi connectivity index (χ3v) is 5.47. The Balaban J connectivity index is 1.42. The Hall–Kier alpha value is -2.74. The first kappa shape index (κ1) is 18.6. The molecule has 4 rings (SSSR count). The van der Waals surface area contributed by atoms with E-state index in [4.69, 9.17) is 23.2 Å². The Bertz CT molecular complexity index is 1110. The number of amides is 1. The minimum atomic E-state index is -0.226. The van der Waals surface area contributed by atoms with Crippen molar-refractivity contribution in [3.05, 3.63) is 87.4 Å². The molecule has 0 unspecified atom stereocenters. The van der Waals surface area contributed by atoms with Gasteiger partial charge in [-0.1, -0.05) is 29.3 Å². The van der Waals surface area contributed by atoms with Crippen molar-refractivity contribution < 1.29 is 4.79 Å². The second-order valence-electron chi connectivity index (χ2n) is 5.89. The van der Waals surface area contributed by atoms with Gasteiger partial charge in [-0.15, -0.1) is 11.3 Å². The molecular weight excluding hydrogens is 417 g/mol. The number of rotatable bonds is 5. The summed E-state index contributed by atoms with van der Waals surface area (Å²) in [6.07, 6.45) is 5.41. The van der Waals surface area contributed by atoms with Gasteiger partial charge in [0.25, 0.3) is 5.91 Å². The second-order valence-corrected chi connectivity index (χ2v) is 7.84. The van der Waals surface area contributed by atoms with E-state index in [1.54, 1.807) is 53.6 Å². The van der Waals surface area contributed by atoms with Gasteiger partial charge in [-0.25, -0.2) is 14.6 Å². The average molecular weight is 430 g/mol. The molecule has 0 spiro atoms. The normalized spacial score (nSPS) is 10.8. The van der Waals surface area contributed by atoms with E-state index in [-0.39, 0.29) is 5.91 Å². The first-order valence-corrected chi connectivity index (χ1v) is 9.81. The molecule has 4 aromatic rings. The monoisotopic (exact) mass is 429 g/mol. The molecule has 1 N–H and O–H groups in total. The van der Waals surface area contributed by atoms with E-state index in [9.17, 15) is 4.79 Å². The predicted octanol–water partition coefficient (Wildman–Crippen LogP) is 4.87. The zero-order chi connectivity index (χ0) is 19.5. The van der Waals surface area contributed by atoms with Crippen LogP contribution >= 0.6 is 34.5 Å². The zero-order valence-electron chi connectivity index (χ0n) is 14.3. The molecule has 140 valence electrons. The number of nitrogens with zero attached hydrogens (tertiary/aromatic N) is 4. The SMILES string of the molecule is O=C(Nc1ncc(Cc2ccc(Cl)cc2Cl)s1)c1ccc(-n2cncn2)cc1. The lowest BCUT2D eigenvalue weighted by atomic mass is 10.1. The first-order valence-electron chi connectivity index (χ1n) is 8.23. The topological polar surface area (TPSA) is 72.7 Å². The van der Waals surface area contributed by atoms with Crippen molar-refractivity contribution in [2.75, 3.05) is 5.32 Å². The number of hydrogen-bond donors (Lipinski definition) is 1. The molecule has 0 radical (unpaired) electrons. The van der Waals surface area contributed by atoms with E-state index < -0.39 is 0 Å². The summed E-state index contributed by atoms with van der Waals surface area (Å²) in [5.74, 6) is -0.226. The Labute approximate surface area is 174 Å². The van der Waals surface area contributed by atoms with Gasteiger partial charge in [-0.05, 0) is 42.0 Å². The fourth-order valence-electron chi connectivity index (χ4n) is 2.58. The number of halogens is 2. The number of hydrogen-bond acceptors (Lipinski definition) is 5. The van der Waals surface area contributed by atoms with Gasteiger partial charge in [-0.2, -0.15) is 5.10 Å². The van der Waals surface area contributed by atoms with Crippen molar-refractivity contribution in [3.8, 4) is 5.69 Å². The lowest BCUT2D eigenvalue weighted by Crippen LogP contribution is -2.11. The molecule has 0 aliphatic rings. The van der Waals surface area contributed by atoms with Crippen molar-refractivity contribution in [2.45, 2.75) is 6.42 Å². The van der Waals surface area contributed by atoms with Crippen molar-refractivity contribution in [1.82, 2.24) is 19.7 Å². The summed E-state index contributed by atoms with van der Waals surface area (Å²) in [7, 11) is 0. The molecule has 0 atom stereocenters. The van der Waals surface area contributed by atoms with E-state index >= 15 is 0 Å². The van der Waals surface area contributed by atoms with Gasteiger partial charge in [0.15, 0.2) is 5.13 Å². The number of carbonyl (C=O) groups is 1. The smallest absolute Gasteiger partial charge is 0.257 e. The standard InChI is InChI=1S/C19H13Cl2N5OS/c20-14-4-1-13(17(21)8-14)7-16-9-23-19(28-16)25-18(27)12-2-5-15(6-3-12)26-11-22-10-24-26/h1-6,8-11H,7H2,(H,23,25,27). The highest BCUT2D eigenvalue weighted by Crippen LogP contribution is 2.27. The van der Waals surface area contributed by atoms with Crippen LogP contribution in [-0.4, -0.2) is 25.7 Å². The summed E-state index contributed by atoms with van der Waals surface area (Å²) in [6.45, 7) is 0. The summed E-state index contributed by atoms with van der Waals surface area (Å²) >= 11 is 13.6. The minimum Gasteiger partial charge on any atom is -0.298 e. The highest BCUT2D eigenvalue weighted by molar-refractivity contribution is 7.15. The van der Waals surface area contributed by atoms with Crippen LogP contribution in [0.4, 0.5) is 5.13 Å². The zero-order valence-corrected chi connectivity index (χ0v) is 16.7. The number of benzene rings is 2. The number of nitrogens with one attached hydrogen (secondary N) is 1. The van der Waals surface area contributed by atoms with Crippen LogP contribution in [0.1, 0.15) is 20.8 Å². The quantitative estimate of drug-likeness (QED) is 0.490. The van der Waals surface area contributed by atoms with Gasteiger partial charge in [0.1, 0.15) is 12.7 Å². The van der Waals surface area contributed by atoms with Gasteiger partial charge in [0.2, 0.25) is 0 Å². The van der Waals surface area contributed by atoms with E-state index in [1.165, 1.54) is 17.7 Å². The Kier molecular flexibility index (Phi) is 5.38. The molecule has 2 heterocycles. The molecule has 9 heteroatoms. The van der Waals surface area contributed by atoms with Crippen molar-refractivity contribution >= 4 is 45.6 Å². The number of thiazole rings is 1. The van der Waals surface area contributed by atoms with Crippen molar-refractivity contribution in [3.63, 3.8) is 0 Å². The van der Waals surface area contributed by atoms with Crippen LogP contribution in [-0.2, 0) is 6.42 Å². The van der Waals surface area contributed by atoms with Gasteiger partial charge in [0, 0.05) is 33.1 Å². The molecule has 0 saturated heterocycles. The van der Waals surface area contributed by atoms with Gasteiger partial charge in [-0.3, -0.25) is 10.1 Å². The molecule has 1 amide bonds. The van der Waals surface area contributed by atoms with Gasteiger partial charge in [0.05, 0.1) is 5.69 Å². The molecule has 0 bridgehead atoms. The Morgan fingerprint density at radius 2 is 1.96 bits per heavy atom. The first-order chi connectivity index (χ1) is 13.6. The molecule has 0 saturated carbocycles. The maximum absolute atomic E-state index is 12.5. The van der Waals surface area contributed by atoms with E-state index in [0.29, 0.717) is 27.2 Å². The van der Waals surface area contributed by atoms with Crippen LogP contribution in [0.25, 0.3) is 5.69 Å². The third kappa shape index (κ3) is 4.22. The Morgan fingerprint density at radius 1 is 1.14 bits per heavy atom. The average Bonchev–Trinajstić information content (AvgIpc) is 3.36. The maximum Gasteiger partial charge on any atom is 0.257 e. The van der Waals surface area contributed by atoms with Crippen LogP contribution in [0.3, 0.4) is 0 Å². The summed E-state index contributed by atoms with van der Waals surface area (Å²) in [5.41, 5.74) is 2.31. The molecule has 0 fully saturated rings. The van der Waals surface area contributed by atoms with Crippen LogP contribution in [0, 0.1) is 0 Å². The molecular formula is C19H13Cl2N5OS. The van der Waals surface area contributed by atoms with Crippen LogP contribution in [0.5, 0.6) is 0 Å². The number of aromatic nitrogens is 4. The van der Waals surface area contributed by atoms with Gasteiger partial charge >= 0.3 is 0 Å². The summed E-state index contributed by atoms with van der Waals surface area (Å²) in [4.78, 5) is 21.6. The fraction of sp³-hybridized carbons (Fsp3) is 0.0526. The molecule has 2 aromatic carbocycles. The van der Waals surface area contributed by atoms with Crippen molar-refractivity contribution in [2.24, 2.45) is 0 Å². The molecule has 2 aromatic heterocycles. The predicted molar refractivity (Wildman–Crippen MR) is 111 cm³/mol. The molecule has 0 aliphatic heterocycles. The maximum atomic E-state index is 12.5. The summed E-state index contributed by atoms with van der Waals surface area (Å²) in [6, 6.07) is 12.5. The molecule has 28 heavy (non-hydrogen) atoms.